The van der Waals surface area contributed by atoms with Gasteiger partial charge in [0, 0.05) is 4.47 Å². The zero-order valence-corrected chi connectivity index (χ0v) is 17.1. The van der Waals surface area contributed by atoms with E-state index < -0.39 is 33.2 Å². The fourth-order valence-electron chi connectivity index (χ4n) is 2.39. The Kier molecular flexibility index (Phi) is 6.14. The van der Waals surface area contributed by atoms with Crippen LogP contribution in [-0.2, 0) is 15.6 Å². The van der Waals surface area contributed by atoms with Gasteiger partial charge in [-0.1, -0.05) is 18.2 Å². The van der Waals surface area contributed by atoms with Crippen LogP contribution in [0.15, 0.2) is 74.4 Å². The van der Waals surface area contributed by atoms with Crippen LogP contribution in [0, 0.1) is 5.82 Å². The molecule has 0 spiro atoms. The third kappa shape index (κ3) is 5.09. The van der Waals surface area contributed by atoms with Crippen molar-refractivity contribution in [3.8, 4) is 0 Å². The number of amides is 2. The highest BCUT2D eigenvalue weighted by atomic mass is 79.9. The number of rotatable bonds is 5. The summed E-state index contributed by atoms with van der Waals surface area (Å²) < 4.78 is 43.6. The van der Waals surface area contributed by atoms with Gasteiger partial charge >= 0.3 is 5.91 Å². The molecule has 10 heteroatoms. The van der Waals surface area contributed by atoms with E-state index in [0.29, 0.717) is 4.47 Å². The predicted octanol–water partition coefficient (Wildman–Crippen LogP) is 3.23. The van der Waals surface area contributed by atoms with Crippen LogP contribution in [0.4, 0.5) is 4.39 Å². The average Bonchev–Trinajstić information content (AvgIpc) is 3.16. The monoisotopic (exact) mass is 480 g/mol. The summed E-state index contributed by atoms with van der Waals surface area (Å²) in [7, 11) is -3.63. The van der Waals surface area contributed by atoms with Crippen LogP contribution in [0.25, 0.3) is 0 Å². The number of carbonyl (C=O) groups is 2. The van der Waals surface area contributed by atoms with E-state index in [1.54, 1.807) is 18.2 Å². The van der Waals surface area contributed by atoms with Gasteiger partial charge in [-0.15, -0.1) is 0 Å². The average molecular weight is 481 g/mol. The molecule has 0 saturated heterocycles. The highest BCUT2D eigenvalue weighted by molar-refractivity contribution is 9.10. The van der Waals surface area contributed by atoms with Crippen LogP contribution in [0.1, 0.15) is 26.7 Å². The smallest absolute Gasteiger partial charge is 0.305 e. The van der Waals surface area contributed by atoms with E-state index in [-0.39, 0.29) is 22.0 Å². The molecule has 0 atom stereocenters. The molecule has 2 aromatic carbocycles. The molecule has 1 heterocycles. The van der Waals surface area contributed by atoms with Gasteiger partial charge in [0.25, 0.3) is 5.91 Å². The van der Waals surface area contributed by atoms with Crippen LogP contribution < -0.4 is 10.9 Å². The molecule has 0 saturated carbocycles. The first-order valence-corrected chi connectivity index (χ1v) is 10.6. The summed E-state index contributed by atoms with van der Waals surface area (Å²) in [6.07, 6.45) is 0. The lowest BCUT2D eigenvalue weighted by molar-refractivity contribution is 0.0829. The lowest BCUT2D eigenvalue weighted by Crippen LogP contribution is -2.41. The number of halogens is 2. The summed E-state index contributed by atoms with van der Waals surface area (Å²) in [5.74, 6) is -2.70. The van der Waals surface area contributed by atoms with E-state index in [0.717, 1.165) is 6.07 Å². The van der Waals surface area contributed by atoms with Crippen LogP contribution in [0.2, 0.25) is 0 Å². The third-order valence-corrected chi connectivity index (χ3v) is 6.13. The second kappa shape index (κ2) is 8.58. The molecule has 0 bridgehead atoms. The van der Waals surface area contributed by atoms with Crippen LogP contribution in [0.5, 0.6) is 0 Å². The standard InChI is InChI=1S/C19H14BrFN2O5S/c20-16-8-6-12(21)10-15(16)18(24)22-23-19(25)17-9-7-13(28-17)11-29(26,27)14-4-2-1-3-5-14/h1-10H,11H2,(H,22,24)(H,23,25). The van der Waals surface area contributed by atoms with E-state index >= 15 is 0 Å². The maximum Gasteiger partial charge on any atom is 0.305 e. The van der Waals surface area contributed by atoms with E-state index in [2.05, 4.69) is 26.8 Å². The highest BCUT2D eigenvalue weighted by Crippen LogP contribution is 2.19. The van der Waals surface area contributed by atoms with Crippen molar-refractivity contribution in [2.75, 3.05) is 0 Å². The molecular formula is C19H14BrFN2O5S. The van der Waals surface area contributed by atoms with Crippen molar-refractivity contribution in [1.29, 1.82) is 0 Å². The number of hydrazine groups is 1. The molecule has 0 fully saturated rings. The molecule has 7 nitrogen and oxygen atoms in total. The first-order chi connectivity index (χ1) is 13.8. The lowest BCUT2D eigenvalue weighted by atomic mass is 10.2. The molecule has 0 aliphatic carbocycles. The van der Waals surface area contributed by atoms with Crippen molar-refractivity contribution in [3.05, 3.63) is 88.0 Å². The number of carbonyl (C=O) groups excluding carboxylic acids is 2. The van der Waals surface area contributed by atoms with E-state index in [4.69, 9.17) is 4.42 Å². The molecular weight excluding hydrogens is 467 g/mol. The van der Waals surface area contributed by atoms with Crippen molar-refractivity contribution in [3.63, 3.8) is 0 Å². The molecule has 150 valence electrons. The van der Waals surface area contributed by atoms with Gasteiger partial charge in [-0.3, -0.25) is 20.4 Å². The number of sulfone groups is 1. The number of hydrogen-bond donors (Lipinski definition) is 2. The van der Waals surface area contributed by atoms with E-state index in [1.165, 1.54) is 36.4 Å². The molecule has 0 unspecified atom stereocenters. The van der Waals surface area contributed by atoms with Gasteiger partial charge in [-0.05, 0) is 58.4 Å². The first-order valence-electron chi connectivity index (χ1n) is 8.18. The van der Waals surface area contributed by atoms with E-state index in [1.807, 2.05) is 0 Å². The van der Waals surface area contributed by atoms with Gasteiger partial charge in [0.1, 0.15) is 17.3 Å². The fourth-order valence-corrected chi connectivity index (χ4v) is 4.08. The largest absolute Gasteiger partial charge is 0.455 e. The minimum absolute atomic E-state index is 0.0145. The molecule has 0 aliphatic rings. The Balaban J connectivity index is 1.64. The summed E-state index contributed by atoms with van der Waals surface area (Å²) in [5, 5.41) is 0. The second-order valence-electron chi connectivity index (χ2n) is 5.87. The normalized spacial score (nSPS) is 11.1. The minimum atomic E-state index is -3.63. The Bertz CT molecular complexity index is 1160. The quantitative estimate of drug-likeness (QED) is 0.545. The van der Waals surface area contributed by atoms with E-state index in [9.17, 15) is 22.4 Å². The fraction of sp³-hybridized carbons (Fsp3) is 0.0526. The summed E-state index contributed by atoms with van der Waals surface area (Å²) >= 11 is 3.12. The highest BCUT2D eigenvalue weighted by Gasteiger charge is 2.20. The molecule has 29 heavy (non-hydrogen) atoms. The number of hydrogen-bond acceptors (Lipinski definition) is 5. The molecule has 1 aromatic heterocycles. The maximum atomic E-state index is 13.3. The van der Waals surface area contributed by atoms with Crippen LogP contribution in [0.3, 0.4) is 0 Å². The summed E-state index contributed by atoms with van der Waals surface area (Å²) in [6, 6.07) is 14.0. The summed E-state index contributed by atoms with van der Waals surface area (Å²) in [6.45, 7) is 0. The van der Waals surface area contributed by atoms with Gasteiger partial charge in [0.05, 0.1) is 10.5 Å². The lowest BCUT2D eigenvalue weighted by Gasteiger charge is -2.07. The minimum Gasteiger partial charge on any atom is -0.455 e. The molecule has 0 aliphatic heterocycles. The van der Waals surface area contributed by atoms with Crippen LogP contribution >= 0.6 is 15.9 Å². The third-order valence-electron chi connectivity index (χ3n) is 3.78. The van der Waals surface area contributed by atoms with Crippen molar-refractivity contribution >= 4 is 37.6 Å². The Morgan fingerprint density at radius 2 is 1.66 bits per heavy atom. The van der Waals surface area contributed by atoms with Gasteiger partial charge in [0.15, 0.2) is 15.6 Å². The Morgan fingerprint density at radius 1 is 0.966 bits per heavy atom. The number of benzene rings is 2. The number of furan rings is 1. The van der Waals surface area contributed by atoms with Gasteiger partial charge < -0.3 is 4.42 Å². The predicted molar refractivity (Wildman–Crippen MR) is 105 cm³/mol. The van der Waals surface area contributed by atoms with Crippen molar-refractivity contribution in [2.45, 2.75) is 10.6 Å². The first kappa shape index (κ1) is 20.7. The Morgan fingerprint density at radius 3 is 2.38 bits per heavy atom. The zero-order valence-electron chi connectivity index (χ0n) is 14.7. The second-order valence-corrected chi connectivity index (χ2v) is 8.71. The zero-order chi connectivity index (χ0) is 21.0. The van der Waals surface area contributed by atoms with Gasteiger partial charge in [-0.25, -0.2) is 12.8 Å². The topological polar surface area (TPSA) is 105 Å². The summed E-state index contributed by atoms with van der Waals surface area (Å²) in [4.78, 5) is 24.3. The SMILES string of the molecule is O=C(NNC(=O)c1cc(F)ccc1Br)c1ccc(CS(=O)(=O)c2ccccc2)o1. The Hall–Kier alpha value is -2.98. The molecule has 2 amide bonds. The number of nitrogens with one attached hydrogen (secondary N) is 2. The van der Waals surface area contributed by atoms with Crippen molar-refractivity contribution in [2.24, 2.45) is 0 Å². The van der Waals surface area contributed by atoms with Gasteiger partial charge in [0.2, 0.25) is 0 Å². The molecule has 2 N–H and O–H groups in total. The molecule has 3 aromatic rings. The van der Waals surface area contributed by atoms with Crippen molar-refractivity contribution in [1.82, 2.24) is 10.9 Å². The van der Waals surface area contributed by atoms with Crippen molar-refractivity contribution < 1.29 is 26.8 Å². The maximum absolute atomic E-state index is 13.3. The molecule has 3 rings (SSSR count). The van der Waals surface area contributed by atoms with Crippen LogP contribution in [-0.4, -0.2) is 20.2 Å². The Labute approximate surface area is 173 Å². The molecule has 0 radical (unpaired) electrons. The summed E-state index contributed by atoms with van der Waals surface area (Å²) in [5.41, 5.74) is 4.25. The van der Waals surface area contributed by atoms with Gasteiger partial charge in [-0.2, -0.15) is 0 Å².